The molecule has 0 spiro atoms. The monoisotopic (exact) mass is 556 g/mol. The van der Waals surface area contributed by atoms with Crippen molar-refractivity contribution in [2.45, 2.75) is 13.5 Å². The Labute approximate surface area is 238 Å². The molecule has 3 heterocycles. The van der Waals surface area contributed by atoms with Crippen molar-refractivity contribution < 1.29 is 14.7 Å². The molecule has 0 amide bonds. The van der Waals surface area contributed by atoms with Gasteiger partial charge in [0, 0.05) is 28.5 Å². The van der Waals surface area contributed by atoms with Crippen molar-refractivity contribution in [1.82, 2.24) is 14.0 Å². The number of aliphatic imine (C=N–C) groups is 1. The van der Waals surface area contributed by atoms with E-state index in [0.717, 1.165) is 22.4 Å². The van der Waals surface area contributed by atoms with Crippen LogP contribution in [0.5, 0.6) is 0 Å². The zero-order chi connectivity index (χ0) is 29.4. The summed E-state index contributed by atoms with van der Waals surface area (Å²) >= 11 is 0. The van der Waals surface area contributed by atoms with Crippen molar-refractivity contribution in [3.05, 3.63) is 152 Å². The van der Waals surface area contributed by atoms with Gasteiger partial charge in [0.25, 0.3) is 5.56 Å². The van der Waals surface area contributed by atoms with Crippen LogP contribution in [0.2, 0.25) is 0 Å². The number of hydrogen-bond donors (Lipinski definition) is 2. The van der Waals surface area contributed by atoms with Crippen molar-refractivity contribution in [1.29, 1.82) is 0 Å². The van der Waals surface area contributed by atoms with Crippen molar-refractivity contribution in [2.75, 3.05) is 0 Å². The summed E-state index contributed by atoms with van der Waals surface area (Å²) in [5.41, 5.74) is 3.85. The summed E-state index contributed by atoms with van der Waals surface area (Å²) in [5.74, 6) is -1.64. The van der Waals surface area contributed by atoms with E-state index in [1.54, 1.807) is 10.6 Å². The number of aliphatic carboxylic acids is 1. The van der Waals surface area contributed by atoms with Gasteiger partial charge in [-0.1, -0.05) is 72.8 Å². The Hall–Kier alpha value is -5.83. The molecule has 0 saturated heterocycles. The van der Waals surface area contributed by atoms with Crippen LogP contribution in [0.3, 0.4) is 0 Å². The van der Waals surface area contributed by atoms with Gasteiger partial charge >= 0.3 is 11.7 Å². The first-order valence-electron chi connectivity index (χ1n) is 13.2. The predicted molar refractivity (Wildman–Crippen MR) is 160 cm³/mol. The molecule has 0 aliphatic rings. The van der Waals surface area contributed by atoms with Gasteiger partial charge in [-0.15, -0.1) is 0 Å². The number of nitrogens with one attached hydrogen (secondary N) is 1. The number of carbonyl (C=O) groups is 2. The lowest BCUT2D eigenvalue weighted by molar-refractivity contribution is -0.137. The molecule has 0 radical (unpaired) electrons. The number of nitrogens with zero attached hydrogens (tertiary/aromatic N) is 3. The Bertz CT molecular complexity index is 2120. The topological polar surface area (TPSA) is 126 Å². The maximum Gasteiger partial charge on any atom is 0.329 e. The third-order valence-corrected chi connectivity index (χ3v) is 7.12. The second-order valence-corrected chi connectivity index (χ2v) is 9.78. The molecule has 3 aromatic carbocycles. The first kappa shape index (κ1) is 26.4. The van der Waals surface area contributed by atoms with Crippen molar-refractivity contribution in [3.63, 3.8) is 0 Å². The third kappa shape index (κ3) is 4.62. The summed E-state index contributed by atoms with van der Waals surface area (Å²) in [6.07, 6.45) is 1.80. The summed E-state index contributed by atoms with van der Waals surface area (Å²) in [5, 5.41) is 9.16. The number of ketones is 1. The molecule has 6 rings (SSSR count). The quantitative estimate of drug-likeness (QED) is 0.217. The van der Waals surface area contributed by atoms with Crippen LogP contribution in [0.4, 0.5) is 5.69 Å². The zero-order valence-electron chi connectivity index (χ0n) is 22.4. The molecule has 3 aromatic heterocycles. The number of hydrogen-bond acceptors (Lipinski definition) is 5. The van der Waals surface area contributed by atoms with E-state index in [2.05, 4.69) is 4.98 Å². The maximum absolute atomic E-state index is 14.0. The van der Waals surface area contributed by atoms with Crippen molar-refractivity contribution in [2.24, 2.45) is 4.99 Å². The molecule has 0 saturated carbocycles. The first-order valence-corrected chi connectivity index (χ1v) is 13.2. The maximum atomic E-state index is 14.0. The van der Waals surface area contributed by atoms with E-state index in [-0.39, 0.29) is 22.2 Å². The van der Waals surface area contributed by atoms with E-state index in [1.807, 2.05) is 85.8 Å². The van der Waals surface area contributed by atoms with Crippen LogP contribution in [0.1, 0.15) is 32.7 Å². The number of carboxylic acids is 1. The fourth-order valence-corrected chi connectivity index (χ4v) is 5.15. The van der Waals surface area contributed by atoms with E-state index in [4.69, 9.17) is 10.1 Å². The smallest absolute Gasteiger partial charge is 0.329 e. The van der Waals surface area contributed by atoms with Gasteiger partial charge in [0.15, 0.2) is 0 Å². The number of H-pyrrole nitrogens is 1. The average Bonchev–Trinajstić information content (AvgIpc) is 3.28. The SMILES string of the molecule is Cc1c(N=C(c2ccccc2)c2ccccc2)c2ccccn2c1C(=O)c1ccc2c(=O)n(CC(=O)O)c(=O)[nH]c2c1. The number of benzene rings is 3. The fraction of sp³-hybridized carbons (Fsp3) is 0.0606. The van der Waals surface area contributed by atoms with Gasteiger partial charge in [-0.2, -0.15) is 0 Å². The van der Waals surface area contributed by atoms with Crippen LogP contribution in [-0.2, 0) is 11.3 Å². The summed E-state index contributed by atoms with van der Waals surface area (Å²) in [6.45, 7) is 1.08. The molecule has 9 nitrogen and oxygen atoms in total. The molecule has 0 fully saturated rings. The van der Waals surface area contributed by atoms with E-state index < -0.39 is 23.8 Å². The Morgan fingerprint density at radius 3 is 2.12 bits per heavy atom. The zero-order valence-corrected chi connectivity index (χ0v) is 22.4. The number of aromatic amines is 1. The Morgan fingerprint density at radius 1 is 0.833 bits per heavy atom. The van der Waals surface area contributed by atoms with Gasteiger partial charge < -0.3 is 14.5 Å². The number of fused-ring (bicyclic) bond motifs is 2. The Balaban J connectivity index is 1.52. The van der Waals surface area contributed by atoms with Gasteiger partial charge in [-0.25, -0.2) is 14.4 Å². The van der Waals surface area contributed by atoms with E-state index in [1.165, 1.54) is 18.2 Å². The average molecular weight is 557 g/mol. The van der Waals surface area contributed by atoms with Gasteiger partial charge in [0.2, 0.25) is 5.78 Å². The van der Waals surface area contributed by atoms with E-state index in [0.29, 0.717) is 21.5 Å². The highest BCUT2D eigenvalue weighted by Gasteiger charge is 2.23. The van der Waals surface area contributed by atoms with Crippen LogP contribution in [0, 0.1) is 6.92 Å². The number of rotatable bonds is 7. The van der Waals surface area contributed by atoms with Crippen molar-refractivity contribution in [3.8, 4) is 0 Å². The lowest BCUT2D eigenvalue weighted by Crippen LogP contribution is -2.37. The summed E-state index contributed by atoms with van der Waals surface area (Å²) in [6, 6.07) is 29.6. The molecule has 0 bridgehead atoms. The molecule has 206 valence electrons. The molecular formula is C33H24N4O5. The standard InChI is InChI=1S/C33H24N4O5/c1-20-28(35-29(21-10-4-2-5-11-21)22-12-6-3-7-13-22)26-14-8-9-17-36(26)30(20)31(40)23-15-16-24-25(18-23)34-33(42)37(32(24)41)19-27(38)39/h2-18H,19H2,1H3,(H,34,42)(H,38,39). The largest absolute Gasteiger partial charge is 0.480 e. The molecule has 6 aromatic rings. The minimum atomic E-state index is -1.31. The lowest BCUT2D eigenvalue weighted by Gasteiger charge is -2.08. The Kier molecular flexibility index (Phi) is 6.68. The molecule has 2 N–H and O–H groups in total. The van der Waals surface area contributed by atoms with Crippen LogP contribution >= 0.6 is 0 Å². The molecule has 0 aliphatic carbocycles. The highest BCUT2D eigenvalue weighted by molar-refractivity contribution is 6.16. The van der Waals surface area contributed by atoms with Crippen molar-refractivity contribution >= 4 is 39.6 Å². The van der Waals surface area contributed by atoms with Gasteiger partial charge in [0.1, 0.15) is 6.54 Å². The molecule has 42 heavy (non-hydrogen) atoms. The third-order valence-electron chi connectivity index (χ3n) is 7.12. The second kappa shape index (κ2) is 10.6. The van der Waals surface area contributed by atoms with Crippen LogP contribution in [-0.4, -0.2) is 36.5 Å². The van der Waals surface area contributed by atoms with E-state index in [9.17, 15) is 19.2 Å². The summed E-state index contributed by atoms with van der Waals surface area (Å²) < 4.78 is 2.40. The number of pyridine rings is 1. The van der Waals surface area contributed by atoms with Gasteiger partial charge in [-0.05, 0) is 31.2 Å². The molecule has 0 atom stereocenters. The highest BCUT2D eigenvalue weighted by atomic mass is 16.4. The summed E-state index contributed by atoms with van der Waals surface area (Å²) in [7, 11) is 0. The van der Waals surface area contributed by atoms with Crippen LogP contribution in [0.25, 0.3) is 16.4 Å². The van der Waals surface area contributed by atoms with Crippen LogP contribution < -0.4 is 11.2 Å². The normalized spacial score (nSPS) is 11.1. The predicted octanol–water partition coefficient (Wildman–Crippen LogP) is 4.74. The second-order valence-electron chi connectivity index (χ2n) is 9.78. The van der Waals surface area contributed by atoms with E-state index >= 15 is 0 Å². The number of carboxylic acid groups (broad SMARTS) is 1. The minimum absolute atomic E-state index is 0.102. The molecule has 0 unspecified atom stereocenters. The fourth-order valence-electron chi connectivity index (χ4n) is 5.15. The number of carbonyl (C=O) groups excluding carboxylic acids is 1. The minimum Gasteiger partial charge on any atom is -0.480 e. The Morgan fingerprint density at radius 2 is 1.48 bits per heavy atom. The highest BCUT2D eigenvalue weighted by Crippen LogP contribution is 2.34. The summed E-state index contributed by atoms with van der Waals surface area (Å²) in [4.78, 5) is 58.0. The van der Waals surface area contributed by atoms with Gasteiger partial charge in [-0.3, -0.25) is 14.4 Å². The molecule has 0 aliphatic heterocycles. The lowest BCUT2D eigenvalue weighted by atomic mass is 10.0. The first-order chi connectivity index (χ1) is 20.3. The molecule has 9 heteroatoms. The van der Waals surface area contributed by atoms with Gasteiger partial charge in [0.05, 0.1) is 33.5 Å². The number of aromatic nitrogens is 3. The molecular weight excluding hydrogens is 532 g/mol. The van der Waals surface area contributed by atoms with Crippen LogP contribution in [0.15, 0.2) is 118 Å².